The molecule has 0 radical (unpaired) electrons. The van der Waals surface area contributed by atoms with Gasteiger partial charge in [0, 0.05) is 41.4 Å². The smallest absolute Gasteiger partial charge is 0.316 e. The van der Waals surface area contributed by atoms with Crippen LogP contribution in [0.3, 0.4) is 0 Å². The number of nitrogens with zero attached hydrogens (tertiary/aromatic N) is 4. The third kappa shape index (κ3) is 5.36. The van der Waals surface area contributed by atoms with Crippen LogP contribution in [0.25, 0.3) is 32.9 Å². The molecule has 0 spiro atoms. The van der Waals surface area contributed by atoms with Crippen LogP contribution in [0.15, 0.2) is 36.5 Å². The highest BCUT2D eigenvalue weighted by Gasteiger charge is 2.49. The molecule has 3 aliphatic rings. The number of aromatic hydroxyl groups is 1. The summed E-state index contributed by atoms with van der Waals surface area (Å²) in [6.07, 6.45) is 18.3. The van der Waals surface area contributed by atoms with E-state index in [1.165, 1.54) is 31.7 Å². The average Bonchev–Trinajstić information content (AvgIpc) is 3.58. The Morgan fingerprint density at radius 2 is 1.84 bits per heavy atom. The van der Waals surface area contributed by atoms with Gasteiger partial charge in [0.15, 0.2) is 0 Å². The molecule has 4 aromatic rings. The second-order valence-electron chi connectivity index (χ2n) is 12.9. The molecule has 1 unspecified atom stereocenters. The molecule has 1 aliphatic carbocycles. The highest BCUT2D eigenvalue weighted by molar-refractivity contribution is 6.02. The minimum Gasteiger partial charge on any atom is -0.508 e. The van der Waals surface area contributed by atoms with Gasteiger partial charge in [-0.05, 0) is 61.9 Å². The van der Waals surface area contributed by atoms with Gasteiger partial charge in [-0.2, -0.15) is 4.98 Å². The predicted octanol–water partition coefficient (Wildman–Crippen LogP) is 7.84. The zero-order chi connectivity index (χ0) is 30.3. The van der Waals surface area contributed by atoms with E-state index in [-0.39, 0.29) is 28.8 Å². The van der Waals surface area contributed by atoms with Crippen LogP contribution < -0.4 is 4.74 Å². The number of hydrogen-bond acceptors (Lipinski definition) is 6. The van der Waals surface area contributed by atoms with E-state index in [1.54, 1.807) is 24.4 Å². The highest BCUT2D eigenvalue weighted by Crippen LogP contribution is 2.42. The number of hydrogen-bond donors (Lipinski definition) is 1. The van der Waals surface area contributed by atoms with Crippen molar-refractivity contribution < 1.29 is 18.6 Å². The van der Waals surface area contributed by atoms with E-state index in [0.717, 1.165) is 56.1 Å². The van der Waals surface area contributed by atoms with E-state index in [9.17, 15) is 13.9 Å². The number of phenolic OH excluding ortho intramolecular Hbond substituents is 1. The first-order valence-corrected chi connectivity index (χ1v) is 16.1. The largest absolute Gasteiger partial charge is 0.508 e. The molecule has 228 valence electrons. The summed E-state index contributed by atoms with van der Waals surface area (Å²) in [4.78, 5) is 16.9. The fourth-order valence-electron chi connectivity index (χ4n) is 7.88. The van der Waals surface area contributed by atoms with Crippen molar-refractivity contribution in [2.45, 2.75) is 88.3 Å². The molecule has 1 saturated carbocycles. The number of ether oxygens (including phenoxy) is 1. The van der Waals surface area contributed by atoms with E-state index in [2.05, 4.69) is 15.8 Å². The minimum absolute atomic E-state index is 0.0442. The van der Waals surface area contributed by atoms with Gasteiger partial charge in [-0.15, -0.1) is 6.42 Å². The van der Waals surface area contributed by atoms with Crippen molar-refractivity contribution >= 4 is 21.7 Å². The third-order valence-corrected chi connectivity index (χ3v) is 10.0. The molecular formula is C36H38F2N4O2. The minimum atomic E-state index is -0.838. The molecule has 2 aromatic carbocycles. The fourth-order valence-corrected chi connectivity index (χ4v) is 7.88. The second kappa shape index (κ2) is 11.9. The summed E-state index contributed by atoms with van der Waals surface area (Å²) in [6, 6.07) is 8.24. The van der Waals surface area contributed by atoms with Gasteiger partial charge >= 0.3 is 6.01 Å². The molecule has 0 bridgehead atoms. The lowest BCUT2D eigenvalue weighted by atomic mass is 9.90. The summed E-state index contributed by atoms with van der Waals surface area (Å²) in [5.74, 6) is 2.28. The molecule has 7 rings (SSSR count). The lowest BCUT2D eigenvalue weighted by Crippen LogP contribution is -2.43. The van der Waals surface area contributed by atoms with Crippen LogP contribution in [0.5, 0.6) is 11.8 Å². The summed E-state index contributed by atoms with van der Waals surface area (Å²) in [5, 5.41) is 12.7. The second-order valence-corrected chi connectivity index (χ2v) is 12.9. The van der Waals surface area contributed by atoms with Gasteiger partial charge in [-0.25, -0.2) is 13.8 Å². The molecule has 2 atom stereocenters. The molecule has 6 nitrogen and oxygen atoms in total. The van der Waals surface area contributed by atoms with Gasteiger partial charge in [0.1, 0.15) is 24.3 Å². The van der Waals surface area contributed by atoms with Crippen LogP contribution in [0.4, 0.5) is 8.78 Å². The zero-order valence-corrected chi connectivity index (χ0v) is 25.0. The number of phenols is 1. The summed E-state index contributed by atoms with van der Waals surface area (Å²) >= 11 is 0. The lowest BCUT2D eigenvalue weighted by Gasteiger charge is -2.30. The molecule has 3 fully saturated rings. The molecule has 2 aromatic heterocycles. The summed E-state index contributed by atoms with van der Waals surface area (Å²) in [7, 11) is 0. The SMILES string of the molecule is C#Cc1c(F)ccc2cc(O)cc(-c3cc4nc(OCC56CCCN5C[C@H](F)C6)ncc4c(C4CCCCCCCC4)n3)c12. The van der Waals surface area contributed by atoms with Crippen LogP contribution in [0.1, 0.15) is 87.8 Å². The maximum Gasteiger partial charge on any atom is 0.316 e. The van der Waals surface area contributed by atoms with E-state index >= 15 is 0 Å². The number of fused-ring (bicyclic) bond motifs is 3. The van der Waals surface area contributed by atoms with Crippen molar-refractivity contribution in [2.75, 3.05) is 19.7 Å². The highest BCUT2D eigenvalue weighted by atomic mass is 19.1. The Balaban J connectivity index is 1.35. The van der Waals surface area contributed by atoms with E-state index in [0.29, 0.717) is 47.1 Å². The Labute approximate surface area is 256 Å². The van der Waals surface area contributed by atoms with E-state index in [4.69, 9.17) is 21.1 Å². The fraction of sp³-hybridized carbons (Fsp3) is 0.472. The maximum atomic E-state index is 15.0. The number of benzene rings is 2. The number of rotatable bonds is 5. The summed E-state index contributed by atoms with van der Waals surface area (Å²) in [6.45, 7) is 1.69. The Bertz CT molecular complexity index is 1740. The van der Waals surface area contributed by atoms with Crippen LogP contribution in [0, 0.1) is 18.2 Å². The van der Waals surface area contributed by atoms with Gasteiger partial charge < -0.3 is 9.84 Å². The third-order valence-electron chi connectivity index (χ3n) is 10.0. The molecule has 2 saturated heterocycles. The normalized spacial score (nSPS) is 23.2. The Hall–Kier alpha value is -3.83. The first-order valence-electron chi connectivity index (χ1n) is 16.1. The van der Waals surface area contributed by atoms with Crippen LogP contribution in [-0.2, 0) is 0 Å². The van der Waals surface area contributed by atoms with Crippen molar-refractivity contribution in [1.29, 1.82) is 0 Å². The average molecular weight is 597 g/mol. The number of terminal acetylenes is 1. The topological polar surface area (TPSA) is 71.4 Å². The van der Waals surface area contributed by atoms with Crippen molar-refractivity contribution in [3.05, 3.63) is 53.6 Å². The van der Waals surface area contributed by atoms with E-state index < -0.39 is 12.0 Å². The standard InChI is InChI=1S/C36H38F2N4O2/c1-2-27-30(38)13-12-24-16-26(43)17-28(33(24)27)31-18-32-29(34(40-31)23-10-7-5-3-4-6-8-11-23)20-39-35(41-32)44-22-36-14-9-15-42(36)21-25(37)19-36/h1,12-13,16-18,20,23,25,43H,3-11,14-15,19,21-22H2/t25-,36?/m1/s1. The van der Waals surface area contributed by atoms with Crippen molar-refractivity contribution in [2.24, 2.45) is 0 Å². The van der Waals surface area contributed by atoms with Crippen LogP contribution >= 0.6 is 0 Å². The van der Waals surface area contributed by atoms with Crippen molar-refractivity contribution in [1.82, 2.24) is 19.9 Å². The molecule has 44 heavy (non-hydrogen) atoms. The maximum absolute atomic E-state index is 15.0. The molecule has 8 heteroatoms. The van der Waals surface area contributed by atoms with Crippen molar-refractivity contribution in [3.63, 3.8) is 0 Å². The van der Waals surface area contributed by atoms with Gasteiger partial charge in [0.05, 0.1) is 28.0 Å². The number of aromatic nitrogens is 3. The van der Waals surface area contributed by atoms with Gasteiger partial charge in [-0.1, -0.05) is 50.5 Å². The predicted molar refractivity (Wildman–Crippen MR) is 168 cm³/mol. The quantitative estimate of drug-likeness (QED) is 0.237. The first-order chi connectivity index (χ1) is 21.4. The molecule has 0 amide bonds. The van der Waals surface area contributed by atoms with Gasteiger partial charge in [0.2, 0.25) is 0 Å². The molecule has 2 aliphatic heterocycles. The Morgan fingerprint density at radius 1 is 1.05 bits per heavy atom. The van der Waals surface area contributed by atoms with Crippen molar-refractivity contribution in [3.8, 4) is 35.4 Å². The first kappa shape index (κ1) is 28.9. The van der Waals surface area contributed by atoms with Gasteiger partial charge in [0.25, 0.3) is 0 Å². The molecular weight excluding hydrogens is 558 g/mol. The van der Waals surface area contributed by atoms with E-state index in [1.807, 2.05) is 6.07 Å². The van der Waals surface area contributed by atoms with Crippen LogP contribution in [0.2, 0.25) is 0 Å². The Morgan fingerprint density at radius 3 is 2.64 bits per heavy atom. The number of halogens is 2. The van der Waals surface area contributed by atoms with Crippen LogP contribution in [-0.4, -0.2) is 56.4 Å². The lowest BCUT2D eigenvalue weighted by molar-refractivity contribution is 0.107. The number of pyridine rings is 1. The zero-order valence-electron chi connectivity index (χ0n) is 25.0. The summed E-state index contributed by atoms with van der Waals surface area (Å²) < 4.78 is 35.5. The van der Waals surface area contributed by atoms with Gasteiger partial charge in [-0.3, -0.25) is 9.88 Å². The summed E-state index contributed by atoms with van der Waals surface area (Å²) in [5.41, 5.74) is 2.54. The Kier molecular flexibility index (Phi) is 7.84. The molecule has 1 N–H and O–H groups in total. The molecule has 4 heterocycles. The number of alkyl halides is 1. The monoisotopic (exact) mass is 596 g/mol.